The molecule has 2 heterocycles. The average Bonchev–Trinajstić information content (AvgIpc) is 3.63. The normalized spacial score (nSPS) is 15.1. The van der Waals surface area contributed by atoms with Crippen molar-refractivity contribution in [3.05, 3.63) is 127 Å². The maximum absolute atomic E-state index is 2.39. The van der Waals surface area contributed by atoms with Gasteiger partial charge in [-0.25, -0.2) is 0 Å². The molecule has 0 N–H and O–H groups in total. The average molecular weight is 513 g/mol. The van der Waals surface area contributed by atoms with Gasteiger partial charge in [0.05, 0.1) is 19.0 Å². The largest absolute Gasteiger partial charge is 0.361 e. The van der Waals surface area contributed by atoms with Crippen LogP contribution in [0.15, 0.2) is 122 Å². The third kappa shape index (κ3) is 5.03. The van der Waals surface area contributed by atoms with Crippen LogP contribution in [-0.2, 0) is 5.41 Å². The van der Waals surface area contributed by atoms with Gasteiger partial charge in [-0.15, -0.1) is 0 Å². The van der Waals surface area contributed by atoms with Gasteiger partial charge < -0.3 is 19.6 Å². The van der Waals surface area contributed by atoms with Gasteiger partial charge in [0, 0.05) is 54.3 Å². The van der Waals surface area contributed by atoms with Crippen LogP contribution in [0.5, 0.6) is 0 Å². The van der Waals surface area contributed by atoms with Gasteiger partial charge in [0.2, 0.25) is 0 Å². The van der Waals surface area contributed by atoms with Crippen molar-refractivity contribution >= 4 is 17.1 Å². The molecule has 4 nitrogen and oxygen atoms in total. The first kappa shape index (κ1) is 24.9. The summed E-state index contributed by atoms with van der Waals surface area (Å²) in [6.07, 6.45) is 8.74. The monoisotopic (exact) mass is 512 g/mol. The van der Waals surface area contributed by atoms with E-state index in [1.165, 1.54) is 44.9 Å². The quantitative estimate of drug-likeness (QED) is 0.267. The van der Waals surface area contributed by atoms with E-state index in [0.29, 0.717) is 0 Å². The minimum Gasteiger partial charge on any atom is -0.361 e. The highest BCUT2D eigenvalue weighted by Gasteiger charge is 2.25. The van der Waals surface area contributed by atoms with Gasteiger partial charge >= 0.3 is 0 Å². The molecular formula is C35H36N4. The summed E-state index contributed by atoms with van der Waals surface area (Å²) < 4.78 is 0. The van der Waals surface area contributed by atoms with E-state index in [-0.39, 0.29) is 5.41 Å². The fraction of sp³-hybridized carbons (Fsp3) is 0.200. The van der Waals surface area contributed by atoms with Crippen molar-refractivity contribution in [1.82, 2.24) is 4.90 Å². The molecule has 0 unspecified atom stereocenters. The van der Waals surface area contributed by atoms with Crippen molar-refractivity contribution in [2.24, 2.45) is 0 Å². The molecular weight excluding hydrogens is 476 g/mol. The molecule has 196 valence electrons. The molecule has 6 rings (SSSR count). The summed E-state index contributed by atoms with van der Waals surface area (Å²) in [6.45, 7) is 8.47. The first-order valence-electron chi connectivity index (χ1n) is 13.6. The molecule has 0 fully saturated rings. The van der Waals surface area contributed by atoms with Gasteiger partial charge in [-0.2, -0.15) is 0 Å². The summed E-state index contributed by atoms with van der Waals surface area (Å²) in [5.41, 5.74) is 9.94. The van der Waals surface area contributed by atoms with Crippen molar-refractivity contribution in [3.8, 4) is 22.3 Å². The van der Waals surface area contributed by atoms with Crippen LogP contribution in [0.3, 0.4) is 0 Å². The zero-order valence-corrected chi connectivity index (χ0v) is 23.3. The van der Waals surface area contributed by atoms with Crippen molar-refractivity contribution in [2.75, 3.05) is 35.1 Å². The van der Waals surface area contributed by atoms with Crippen LogP contribution in [0.4, 0.5) is 17.1 Å². The van der Waals surface area contributed by atoms with Gasteiger partial charge in [0.25, 0.3) is 0 Å². The molecule has 2 aliphatic rings. The number of rotatable bonds is 5. The Bertz CT molecular complexity index is 1460. The van der Waals surface area contributed by atoms with Crippen LogP contribution >= 0.6 is 0 Å². The minimum atomic E-state index is 0.0453. The van der Waals surface area contributed by atoms with Gasteiger partial charge in [-0.05, 0) is 40.3 Å². The summed E-state index contributed by atoms with van der Waals surface area (Å²) in [4.78, 5) is 9.26. The molecule has 0 bridgehead atoms. The third-order valence-corrected chi connectivity index (χ3v) is 7.53. The Morgan fingerprint density at radius 3 is 1.56 bits per heavy atom. The molecule has 0 saturated heterocycles. The Balaban J connectivity index is 1.40. The van der Waals surface area contributed by atoms with Crippen molar-refractivity contribution in [2.45, 2.75) is 26.2 Å². The van der Waals surface area contributed by atoms with Crippen LogP contribution < -0.4 is 14.7 Å². The van der Waals surface area contributed by atoms with E-state index >= 15 is 0 Å². The maximum Gasteiger partial charge on any atom is 0.0989 e. The van der Waals surface area contributed by atoms with E-state index in [2.05, 4.69) is 169 Å². The lowest BCUT2D eigenvalue weighted by atomic mass is 9.86. The molecule has 4 aromatic carbocycles. The van der Waals surface area contributed by atoms with E-state index in [1.807, 2.05) is 0 Å². The predicted molar refractivity (Wildman–Crippen MR) is 166 cm³/mol. The Morgan fingerprint density at radius 2 is 1.05 bits per heavy atom. The molecule has 2 aliphatic heterocycles. The van der Waals surface area contributed by atoms with E-state index < -0.39 is 0 Å². The topological polar surface area (TPSA) is 13.0 Å². The summed E-state index contributed by atoms with van der Waals surface area (Å²) in [5.74, 6) is 0. The number of anilines is 3. The molecule has 0 aliphatic carbocycles. The zero-order valence-electron chi connectivity index (χ0n) is 23.3. The summed E-state index contributed by atoms with van der Waals surface area (Å²) in [6, 6.07) is 35.1. The molecule has 0 radical (unpaired) electrons. The van der Waals surface area contributed by atoms with Crippen molar-refractivity contribution in [1.29, 1.82) is 0 Å². The van der Waals surface area contributed by atoms with E-state index in [4.69, 9.17) is 0 Å². The standard InChI is InChI=1S/C35H36N4/c1-35(2,3)29-22-30(37-19-18-36(4)25-37)24-31(23-29)38-20-21-39(26-38)34-32(27-12-7-5-8-13-27)16-11-17-33(34)28-14-9-6-10-15-28/h5-24H,25-26H2,1-4H3. The smallest absolute Gasteiger partial charge is 0.0989 e. The second kappa shape index (κ2) is 10.0. The minimum absolute atomic E-state index is 0.0453. The second-order valence-electron chi connectivity index (χ2n) is 11.5. The number of benzene rings is 4. The molecule has 0 amide bonds. The third-order valence-electron chi connectivity index (χ3n) is 7.53. The molecule has 0 saturated carbocycles. The van der Waals surface area contributed by atoms with Gasteiger partial charge in [0.1, 0.15) is 0 Å². The fourth-order valence-corrected chi connectivity index (χ4v) is 5.34. The van der Waals surface area contributed by atoms with Crippen molar-refractivity contribution < 1.29 is 0 Å². The highest BCUT2D eigenvalue weighted by molar-refractivity contribution is 5.92. The molecule has 39 heavy (non-hydrogen) atoms. The highest BCUT2D eigenvalue weighted by Crippen LogP contribution is 2.42. The van der Waals surface area contributed by atoms with Crippen LogP contribution in [0.25, 0.3) is 22.3 Å². The lowest BCUT2D eigenvalue weighted by Crippen LogP contribution is -2.27. The number of nitrogens with zero attached hydrogens (tertiary/aromatic N) is 4. The van der Waals surface area contributed by atoms with E-state index in [0.717, 1.165) is 13.3 Å². The van der Waals surface area contributed by atoms with Gasteiger partial charge in [-0.1, -0.05) is 99.6 Å². The van der Waals surface area contributed by atoms with E-state index in [9.17, 15) is 0 Å². The van der Waals surface area contributed by atoms with Crippen molar-refractivity contribution in [3.63, 3.8) is 0 Å². The predicted octanol–water partition coefficient (Wildman–Crippen LogP) is 8.25. The Kier molecular flexibility index (Phi) is 6.40. The van der Waals surface area contributed by atoms with Crippen LogP contribution in [0.1, 0.15) is 26.3 Å². The zero-order chi connectivity index (χ0) is 27.0. The molecule has 0 aromatic heterocycles. The SMILES string of the molecule is CN1C=CN(c2cc(N3C=CN(c4c(-c5ccccc5)cccc4-c4ccccc4)C3)cc(C(C)(C)C)c2)C1. The second-order valence-corrected chi connectivity index (χ2v) is 11.5. The van der Waals surface area contributed by atoms with Gasteiger partial charge in [0.15, 0.2) is 0 Å². The molecule has 0 spiro atoms. The number of para-hydroxylation sites is 1. The van der Waals surface area contributed by atoms with E-state index in [1.54, 1.807) is 0 Å². The summed E-state index contributed by atoms with van der Waals surface area (Å²) in [5, 5.41) is 0. The molecule has 4 aromatic rings. The van der Waals surface area contributed by atoms with Crippen LogP contribution in [-0.4, -0.2) is 25.3 Å². The van der Waals surface area contributed by atoms with Crippen LogP contribution in [0, 0.1) is 0 Å². The molecule has 0 atom stereocenters. The first-order valence-corrected chi connectivity index (χ1v) is 13.6. The summed E-state index contributed by atoms with van der Waals surface area (Å²) >= 11 is 0. The first-order chi connectivity index (χ1) is 18.9. The lowest BCUT2D eigenvalue weighted by molar-refractivity contribution is 0.495. The Labute approximate surface area is 232 Å². The lowest BCUT2D eigenvalue weighted by Gasteiger charge is -2.29. The number of hydrogen-bond donors (Lipinski definition) is 0. The fourth-order valence-electron chi connectivity index (χ4n) is 5.34. The summed E-state index contributed by atoms with van der Waals surface area (Å²) in [7, 11) is 2.11. The van der Waals surface area contributed by atoms with Gasteiger partial charge in [-0.3, -0.25) is 0 Å². The van der Waals surface area contributed by atoms with Crippen LogP contribution in [0.2, 0.25) is 0 Å². The maximum atomic E-state index is 2.39. The Hall–Kier alpha value is -4.44. The highest BCUT2D eigenvalue weighted by atomic mass is 15.4. The molecule has 4 heteroatoms. The number of hydrogen-bond acceptors (Lipinski definition) is 4. The Morgan fingerprint density at radius 1 is 0.538 bits per heavy atom.